The predicted molar refractivity (Wildman–Crippen MR) is 79.5 cm³/mol. The molecule has 116 valence electrons. The molecule has 1 amide bonds. The van der Waals surface area contributed by atoms with Crippen LogP contribution in [0.5, 0.6) is 0 Å². The molecule has 0 aromatic heterocycles. The fraction of sp³-hybridized carbons (Fsp3) is 0.562. The standard InChI is InChI=1S/C16H23FN2O2/c1-11(12-6-5-7-13(17)8-12)18-14-9-19(10-14)15(20)21-16(2,3)4/h5-8,11,14,18H,9-10H2,1-4H3/t11-/m0/s1. The minimum Gasteiger partial charge on any atom is -0.444 e. The molecule has 2 rings (SSSR count). The number of rotatable bonds is 3. The molecule has 0 radical (unpaired) electrons. The molecule has 4 nitrogen and oxygen atoms in total. The molecule has 1 atom stereocenters. The van der Waals surface area contributed by atoms with Crippen LogP contribution < -0.4 is 5.32 Å². The normalized spacial score (nSPS) is 17.3. The highest BCUT2D eigenvalue weighted by molar-refractivity contribution is 5.69. The minimum absolute atomic E-state index is 0.0477. The largest absolute Gasteiger partial charge is 0.444 e. The first-order chi connectivity index (χ1) is 9.74. The summed E-state index contributed by atoms with van der Waals surface area (Å²) in [4.78, 5) is 13.5. The summed E-state index contributed by atoms with van der Waals surface area (Å²) in [6.07, 6.45) is -0.279. The molecule has 1 aromatic rings. The van der Waals surface area contributed by atoms with E-state index in [2.05, 4.69) is 5.32 Å². The minimum atomic E-state index is -0.468. The lowest BCUT2D eigenvalue weighted by atomic mass is 10.0. The van der Waals surface area contributed by atoms with Crippen molar-refractivity contribution in [1.29, 1.82) is 0 Å². The van der Waals surface area contributed by atoms with E-state index in [0.717, 1.165) is 5.56 Å². The molecule has 0 spiro atoms. The van der Waals surface area contributed by atoms with Crippen LogP contribution in [-0.2, 0) is 4.74 Å². The molecule has 1 fully saturated rings. The number of nitrogens with one attached hydrogen (secondary N) is 1. The number of carbonyl (C=O) groups excluding carboxylic acids is 1. The molecule has 0 aliphatic carbocycles. The van der Waals surface area contributed by atoms with E-state index in [1.54, 1.807) is 11.0 Å². The first-order valence-electron chi connectivity index (χ1n) is 7.24. The average Bonchev–Trinajstić information content (AvgIpc) is 2.30. The van der Waals surface area contributed by atoms with Crippen molar-refractivity contribution >= 4 is 6.09 Å². The summed E-state index contributed by atoms with van der Waals surface area (Å²) in [5, 5.41) is 3.39. The molecule has 5 heteroatoms. The molecule has 0 unspecified atom stereocenters. The van der Waals surface area contributed by atoms with E-state index in [0.29, 0.717) is 13.1 Å². The molecule has 1 saturated heterocycles. The average molecular weight is 294 g/mol. The number of carbonyl (C=O) groups is 1. The van der Waals surface area contributed by atoms with Gasteiger partial charge in [0.05, 0.1) is 0 Å². The van der Waals surface area contributed by atoms with Crippen molar-refractivity contribution in [3.63, 3.8) is 0 Å². The lowest BCUT2D eigenvalue weighted by Gasteiger charge is -2.41. The monoisotopic (exact) mass is 294 g/mol. The van der Waals surface area contributed by atoms with Gasteiger partial charge in [0.15, 0.2) is 0 Å². The maximum atomic E-state index is 13.2. The maximum absolute atomic E-state index is 13.2. The summed E-state index contributed by atoms with van der Waals surface area (Å²) < 4.78 is 18.5. The highest BCUT2D eigenvalue weighted by Crippen LogP contribution is 2.19. The van der Waals surface area contributed by atoms with Gasteiger partial charge in [-0.2, -0.15) is 0 Å². The summed E-state index contributed by atoms with van der Waals surface area (Å²) in [5.41, 5.74) is 0.440. The summed E-state index contributed by atoms with van der Waals surface area (Å²) in [6, 6.07) is 6.83. The lowest BCUT2D eigenvalue weighted by Crippen LogP contribution is -2.60. The number of amides is 1. The van der Waals surface area contributed by atoms with E-state index < -0.39 is 5.60 Å². The Morgan fingerprint density at radius 3 is 2.67 bits per heavy atom. The van der Waals surface area contributed by atoms with Crippen LogP contribution in [0.15, 0.2) is 24.3 Å². The smallest absolute Gasteiger partial charge is 0.410 e. The lowest BCUT2D eigenvalue weighted by molar-refractivity contribution is 0.00434. The van der Waals surface area contributed by atoms with E-state index in [9.17, 15) is 9.18 Å². The summed E-state index contributed by atoms with van der Waals surface area (Å²) in [7, 11) is 0. The van der Waals surface area contributed by atoms with Crippen LogP contribution in [0.25, 0.3) is 0 Å². The van der Waals surface area contributed by atoms with Gasteiger partial charge in [-0.25, -0.2) is 9.18 Å². The molecule has 1 aliphatic rings. The Balaban J connectivity index is 1.79. The fourth-order valence-corrected chi connectivity index (χ4v) is 2.29. The Morgan fingerprint density at radius 2 is 2.10 bits per heavy atom. The van der Waals surface area contributed by atoms with Gasteiger partial charge in [-0.3, -0.25) is 0 Å². The molecular weight excluding hydrogens is 271 g/mol. The van der Waals surface area contributed by atoms with E-state index in [4.69, 9.17) is 4.74 Å². The van der Waals surface area contributed by atoms with Crippen LogP contribution in [0.2, 0.25) is 0 Å². The zero-order valence-corrected chi connectivity index (χ0v) is 13.0. The molecule has 0 saturated carbocycles. The Kier molecular flexibility index (Phi) is 4.52. The second kappa shape index (κ2) is 6.02. The van der Waals surface area contributed by atoms with Gasteiger partial charge in [-0.05, 0) is 45.4 Å². The van der Waals surface area contributed by atoms with Gasteiger partial charge in [0.1, 0.15) is 11.4 Å². The Morgan fingerprint density at radius 1 is 1.43 bits per heavy atom. The number of likely N-dealkylation sites (tertiary alicyclic amines) is 1. The fourth-order valence-electron chi connectivity index (χ4n) is 2.29. The van der Waals surface area contributed by atoms with Gasteiger partial charge in [0, 0.05) is 25.2 Å². The quantitative estimate of drug-likeness (QED) is 0.931. The zero-order valence-electron chi connectivity index (χ0n) is 13.0. The van der Waals surface area contributed by atoms with Crippen LogP contribution >= 0.6 is 0 Å². The Labute approximate surface area is 125 Å². The molecular formula is C16H23FN2O2. The van der Waals surface area contributed by atoms with Gasteiger partial charge < -0.3 is 15.0 Å². The van der Waals surface area contributed by atoms with Crippen molar-refractivity contribution in [3.05, 3.63) is 35.6 Å². The summed E-state index contributed by atoms with van der Waals surface area (Å²) in [6.45, 7) is 8.79. The maximum Gasteiger partial charge on any atom is 0.410 e. The highest BCUT2D eigenvalue weighted by atomic mass is 19.1. The van der Waals surface area contributed by atoms with Gasteiger partial charge >= 0.3 is 6.09 Å². The summed E-state index contributed by atoms with van der Waals surface area (Å²) >= 11 is 0. The topological polar surface area (TPSA) is 41.6 Å². The number of ether oxygens (including phenoxy) is 1. The number of nitrogens with zero attached hydrogens (tertiary/aromatic N) is 1. The van der Waals surface area contributed by atoms with Crippen molar-refractivity contribution in [2.24, 2.45) is 0 Å². The van der Waals surface area contributed by atoms with Gasteiger partial charge in [-0.1, -0.05) is 12.1 Å². The van der Waals surface area contributed by atoms with E-state index in [1.165, 1.54) is 12.1 Å². The van der Waals surface area contributed by atoms with E-state index >= 15 is 0 Å². The second-order valence-electron chi connectivity index (χ2n) is 6.53. The van der Waals surface area contributed by atoms with Crippen molar-refractivity contribution in [3.8, 4) is 0 Å². The van der Waals surface area contributed by atoms with Gasteiger partial charge in [0.25, 0.3) is 0 Å². The number of hydrogen-bond donors (Lipinski definition) is 1. The van der Waals surface area contributed by atoms with Crippen molar-refractivity contribution in [2.75, 3.05) is 13.1 Å². The number of halogens is 1. The van der Waals surface area contributed by atoms with Crippen molar-refractivity contribution in [2.45, 2.75) is 45.4 Å². The predicted octanol–water partition coefficient (Wildman–Crippen LogP) is 3.10. The zero-order chi connectivity index (χ0) is 15.6. The highest BCUT2D eigenvalue weighted by Gasteiger charge is 2.34. The van der Waals surface area contributed by atoms with Crippen molar-refractivity contribution in [1.82, 2.24) is 10.2 Å². The Bertz CT molecular complexity index is 507. The molecule has 1 N–H and O–H groups in total. The second-order valence-corrected chi connectivity index (χ2v) is 6.53. The molecule has 1 heterocycles. The first kappa shape index (κ1) is 15.8. The van der Waals surface area contributed by atoms with E-state index in [1.807, 2.05) is 33.8 Å². The number of benzene rings is 1. The molecule has 0 bridgehead atoms. The molecule has 21 heavy (non-hydrogen) atoms. The first-order valence-corrected chi connectivity index (χ1v) is 7.24. The van der Waals surface area contributed by atoms with Crippen LogP contribution in [0.4, 0.5) is 9.18 Å². The third-order valence-electron chi connectivity index (χ3n) is 3.37. The molecule has 1 aromatic carbocycles. The van der Waals surface area contributed by atoms with Gasteiger partial charge in [0.2, 0.25) is 0 Å². The van der Waals surface area contributed by atoms with Crippen molar-refractivity contribution < 1.29 is 13.9 Å². The van der Waals surface area contributed by atoms with Crippen LogP contribution in [0.3, 0.4) is 0 Å². The van der Waals surface area contributed by atoms with Gasteiger partial charge in [-0.15, -0.1) is 0 Å². The third-order valence-corrected chi connectivity index (χ3v) is 3.37. The van der Waals surface area contributed by atoms with Crippen LogP contribution in [-0.4, -0.2) is 35.7 Å². The van der Waals surface area contributed by atoms with E-state index in [-0.39, 0.29) is 24.0 Å². The summed E-state index contributed by atoms with van der Waals surface area (Å²) in [5.74, 6) is -0.231. The number of hydrogen-bond acceptors (Lipinski definition) is 3. The SMILES string of the molecule is C[C@H](NC1CN(C(=O)OC(C)(C)C)C1)c1cccc(F)c1. The van der Waals surface area contributed by atoms with Crippen LogP contribution in [0, 0.1) is 5.82 Å². The Hall–Kier alpha value is -1.62. The molecule has 1 aliphatic heterocycles. The third kappa shape index (κ3) is 4.43. The van der Waals surface area contributed by atoms with Crippen LogP contribution in [0.1, 0.15) is 39.3 Å².